The summed E-state index contributed by atoms with van der Waals surface area (Å²) in [6.45, 7) is 1.49. The molecule has 0 spiro atoms. The lowest BCUT2D eigenvalue weighted by molar-refractivity contribution is -0.385. The lowest BCUT2D eigenvalue weighted by Crippen LogP contribution is -2.34. The van der Waals surface area contributed by atoms with Crippen LogP contribution in [0.5, 0.6) is 0 Å². The van der Waals surface area contributed by atoms with Crippen LogP contribution in [-0.2, 0) is 9.59 Å². The number of hydrogen-bond acceptors (Lipinski definition) is 4. The highest BCUT2D eigenvalue weighted by Crippen LogP contribution is 2.18. The number of nitro benzene ring substituents is 1. The first-order chi connectivity index (χ1) is 9.45. The summed E-state index contributed by atoms with van der Waals surface area (Å²) in [4.78, 5) is 33.7. The van der Waals surface area contributed by atoms with Gasteiger partial charge in [0.1, 0.15) is 6.54 Å². The van der Waals surface area contributed by atoms with Gasteiger partial charge < -0.3 is 10.0 Å². The van der Waals surface area contributed by atoms with E-state index in [1.807, 2.05) is 0 Å². The SMILES string of the molecule is CCN(CC(=O)O)C(=O)/C=C/c1ccccc1[N+](=O)[O-]. The number of carbonyl (C=O) groups excluding carboxylic acids is 1. The normalized spacial score (nSPS) is 10.4. The molecule has 0 aliphatic rings. The Bertz CT molecular complexity index is 553. The van der Waals surface area contributed by atoms with E-state index in [1.165, 1.54) is 24.3 Å². The fourth-order valence-corrected chi connectivity index (χ4v) is 1.57. The molecule has 0 aromatic heterocycles. The maximum Gasteiger partial charge on any atom is 0.323 e. The molecule has 1 aromatic rings. The number of para-hydroxylation sites is 1. The summed E-state index contributed by atoms with van der Waals surface area (Å²) in [5.74, 6) is -1.62. The highest BCUT2D eigenvalue weighted by molar-refractivity contribution is 5.94. The van der Waals surface area contributed by atoms with Gasteiger partial charge in [0.15, 0.2) is 0 Å². The Morgan fingerprint density at radius 2 is 2.05 bits per heavy atom. The Kier molecular flexibility index (Phi) is 5.40. The third-order valence-corrected chi connectivity index (χ3v) is 2.56. The minimum Gasteiger partial charge on any atom is -0.480 e. The molecule has 1 N–H and O–H groups in total. The number of carbonyl (C=O) groups is 2. The van der Waals surface area contributed by atoms with Gasteiger partial charge in [-0.15, -0.1) is 0 Å². The Hall–Kier alpha value is -2.70. The first-order valence-electron chi connectivity index (χ1n) is 5.88. The second kappa shape index (κ2) is 7.03. The van der Waals surface area contributed by atoms with Crippen LogP contribution < -0.4 is 0 Å². The van der Waals surface area contributed by atoms with Gasteiger partial charge in [0.2, 0.25) is 5.91 Å². The molecule has 0 atom stereocenters. The van der Waals surface area contributed by atoms with E-state index in [1.54, 1.807) is 13.0 Å². The van der Waals surface area contributed by atoms with Crippen molar-refractivity contribution in [3.8, 4) is 0 Å². The topological polar surface area (TPSA) is 101 Å². The molecule has 0 aliphatic carbocycles. The zero-order chi connectivity index (χ0) is 15.1. The number of amides is 1. The van der Waals surface area contributed by atoms with Crippen LogP contribution in [0.15, 0.2) is 30.3 Å². The van der Waals surface area contributed by atoms with Crippen molar-refractivity contribution in [2.75, 3.05) is 13.1 Å². The van der Waals surface area contributed by atoms with Gasteiger partial charge in [-0.05, 0) is 19.1 Å². The zero-order valence-corrected chi connectivity index (χ0v) is 10.9. The summed E-state index contributed by atoms with van der Waals surface area (Å²) in [7, 11) is 0. The summed E-state index contributed by atoms with van der Waals surface area (Å²) in [6.07, 6.45) is 2.44. The van der Waals surface area contributed by atoms with Gasteiger partial charge in [-0.2, -0.15) is 0 Å². The second-order valence-electron chi connectivity index (χ2n) is 3.90. The fraction of sp³-hybridized carbons (Fsp3) is 0.231. The van der Waals surface area contributed by atoms with Gasteiger partial charge in [0.25, 0.3) is 5.69 Å². The average molecular weight is 278 g/mol. The Morgan fingerprint density at radius 1 is 1.40 bits per heavy atom. The lowest BCUT2D eigenvalue weighted by Gasteiger charge is -2.15. The number of carboxylic acids is 1. The molecule has 0 heterocycles. The van der Waals surface area contributed by atoms with E-state index < -0.39 is 23.3 Å². The maximum absolute atomic E-state index is 11.8. The van der Waals surface area contributed by atoms with Crippen molar-refractivity contribution in [3.05, 3.63) is 46.0 Å². The van der Waals surface area contributed by atoms with E-state index in [-0.39, 0.29) is 17.8 Å². The minimum absolute atomic E-state index is 0.113. The average Bonchev–Trinajstić information content (AvgIpc) is 2.42. The first-order valence-corrected chi connectivity index (χ1v) is 5.88. The van der Waals surface area contributed by atoms with Crippen LogP contribution >= 0.6 is 0 Å². The molecular weight excluding hydrogens is 264 g/mol. The summed E-state index contributed by atoms with van der Waals surface area (Å²) >= 11 is 0. The quantitative estimate of drug-likeness (QED) is 0.483. The van der Waals surface area contributed by atoms with Crippen molar-refractivity contribution in [1.29, 1.82) is 0 Å². The molecule has 0 saturated heterocycles. The largest absolute Gasteiger partial charge is 0.480 e. The molecule has 20 heavy (non-hydrogen) atoms. The van der Waals surface area contributed by atoms with Crippen molar-refractivity contribution >= 4 is 23.6 Å². The molecular formula is C13H14N2O5. The van der Waals surface area contributed by atoms with E-state index >= 15 is 0 Å². The number of aliphatic carboxylic acids is 1. The van der Waals surface area contributed by atoms with E-state index in [4.69, 9.17) is 5.11 Å². The first kappa shape index (κ1) is 15.4. The molecule has 1 amide bonds. The Labute approximate surface area is 115 Å². The van der Waals surface area contributed by atoms with Crippen LogP contribution in [0, 0.1) is 10.1 Å². The predicted molar refractivity (Wildman–Crippen MR) is 72.0 cm³/mol. The summed E-state index contributed by atoms with van der Waals surface area (Å²) in [6, 6.07) is 5.99. The minimum atomic E-state index is -1.11. The van der Waals surface area contributed by atoms with Crippen molar-refractivity contribution in [2.45, 2.75) is 6.92 Å². The predicted octanol–water partition coefficient (Wildman–Crippen LogP) is 1.54. The number of likely N-dealkylation sites (N-methyl/N-ethyl adjacent to an activating group) is 1. The second-order valence-corrected chi connectivity index (χ2v) is 3.90. The molecule has 7 nitrogen and oxygen atoms in total. The zero-order valence-electron chi connectivity index (χ0n) is 10.9. The van der Waals surface area contributed by atoms with Crippen molar-refractivity contribution < 1.29 is 19.6 Å². The number of nitro groups is 1. The van der Waals surface area contributed by atoms with Crippen molar-refractivity contribution in [2.24, 2.45) is 0 Å². The van der Waals surface area contributed by atoms with Crippen LogP contribution in [0.1, 0.15) is 12.5 Å². The summed E-state index contributed by atoms with van der Waals surface area (Å²) < 4.78 is 0. The molecule has 0 bridgehead atoms. The molecule has 0 fully saturated rings. The van der Waals surface area contributed by atoms with Crippen LogP contribution in [0.3, 0.4) is 0 Å². The van der Waals surface area contributed by atoms with Crippen LogP contribution in [0.25, 0.3) is 6.08 Å². The van der Waals surface area contributed by atoms with E-state index in [0.717, 1.165) is 11.0 Å². The van der Waals surface area contributed by atoms with E-state index in [2.05, 4.69) is 0 Å². The molecule has 0 unspecified atom stereocenters. The lowest BCUT2D eigenvalue weighted by atomic mass is 10.1. The maximum atomic E-state index is 11.8. The smallest absolute Gasteiger partial charge is 0.323 e. The number of benzene rings is 1. The molecule has 1 rings (SSSR count). The van der Waals surface area contributed by atoms with Gasteiger partial charge in [-0.25, -0.2) is 0 Å². The molecule has 0 radical (unpaired) electrons. The van der Waals surface area contributed by atoms with Crippen LogP contribution in [-0.4, -0.2) is 39.9 Å². The molecule has 7 heteroatoms. The number of rotatable bonds is 6. The third-order valence-electron chi connectivity index (χ3n) is 2.56. The summed E-state index contributed by atoms with van der Waals surface area (Å²) in [5, 5.41) is 19.5. The van der Waals surface area contributed by atoms with E-state index in [9.17, 15) is 19.7 Å². The Balaban J connectivity index is 2.89. The third kappa shape index (κ3) is 4.20. The molecule has 0 aliphatic heterocycles. The van der Waals surface area contributed by atoms with Gasteiger partial charge in [-0.3, -0.25) is 19.7 Å². The van der Waals surface area contributed by atoms with Crippen molar-refractivity contribution in [3.63, 3.8) is 0 Å². The monoisotopic (exact) mass is 278 g/mol. The van der Waals surface area contributed by atoms with Crippen molar-refractivity contribution in [1.82, 2.24) is 4.90 Å². The molecule has 1 aromatic carbocycles. The van der Waals surface area contributed by atoms with Gasteiger partial charge >= 0.3 is 5.97 Å². The fourth-order valence-electron chi connectivity index (χ4n) is 1.57. The number of carboxylic acid groups (broad SMARTS) is 1. The number of hydrogen-bond donors (Lipinski definition) is 1. The Morgan fingerprint density at radius 3 is 2.60 bits per heavy atom. The van der Waals surface area contributed by atoms with Gasteiger partial charge in [-0.1, -0.05) is 12.1 Å². The molecule has 0 saturated carbocycles. The van der Waals surface area contributed by atoms with Crippen LogP contribution in [0.2, 0.25) is 0 Å². The van der Waals surface area contributed by atoms with E-state index in [0.29, 0.717) is 0 Å². The molecule has 106 valence electrons. The summed E-state index contributed by atoms with van der Waals surface area (Å²) in [5.41, 5.74) is 0.176. The van der Waals surface area contributed by atoms with Crippen LogP contribution in [0.4, 0.5) is 5.69 Å². The number of nitrogens with zero attached hydrogens (tertiary/aromatic N) is 2. The highest BCUT2D eigenvalue weighted by Gasteiger charge is 2.13. The highest BCUT2D eigenvalue weighted by atomic mass is 16.6. The standard InChI is InChI=1S/C13H14N2O5/c1-2-14(9-13(17)18)12(16)8-7-10-5-3-4-6-11(10)15(19)20/h3-8H,2,9H2,1H3,(H,17,18)/b8-7+. The van der Waals surface area contributed by atoms with Gasteiger partial charge in [0, 0.05) is 18.7 Å². The van der Waals surface area contributed by atoms with Gasteiger partial charge in [0.05, 0.1) is 10.5 Å².